The molecule has 1 aliphatic heterocycles. The lowest BCUT2D eigenvalue weighted by Crippen LogP contribution is -2.54. The van der Waals surface area contributed by atoms with Crippen molar-refractivity contribution in [3.05, 3.63) is 46.2 Å². The van der Waals surface area contributed by atoms with E-state index in [1.807, 2.05) is 11.4 Å². The number of hydroxylamine groups is 1. The molecule has 2 N–H and O–H groups in total. The highest BCUT2D eigenvalue weighted by Crippen LogP contribution is 2.44. The highest BCUT2D eigenvalue weighted by molar-refractivity contribution is 7.89. The molecular formula is C22H32N2O6S2Si. The van der Waals surface area contributed by atoms with Crippen LogP contribution >= 0.6 is 11.3 Å². The molecule has 0 saturated heterocycles. The van der Waals surface area contributed by atoms with E-state index < -0.39 is 36.4 Å². The lowest BCUT2D eigenvalue weighted by Gasteiger charge is -2.42. The fourth-order valence-corrected chi connectivity index (χ4v) is 7.33. The number of nitrogens with one attached hydrogen (secondary N) is 1. The lowest BCUT2D eigenvalue weighted by atomic mass is 10.0. The Hall–Kier alpha value is -1.76. The molecule has 182 valence electrons. The topological polar surface area (TPSA) is 105 Å². The number of fused-ring (bicyclic) bond motifs is 1. The largest absolute Gasteiger partial charge is 0.497 e. The molecule has 33 heavy (non-hydrogen) atoms. The molecular weight excluding hydrogens is 480 g/mol. The third-order valence-corrected chi connectivity index (χ3v) is 13.9. The molecule has 1 aromatic heterocycles. The monoisotopic (exact) mass is 512 g/mol. The average molecular weight is 513 g/mol. The molecule has 0 bridgehead atoms. The van der Waals surface area contributed by atoms with E-state index in [9.17, 15) is 18.4 Å². The summed E-state index contributed by atoms with van der Waals surface area (Å²) >= 11 is 1.51. The highest BCUT2D eigenvalue weighted by Gasteiger charge is 2.49. The fourth-order valence-electron chi connectivity index (χ4n) is 3.59. The van der Waals surface area contributed by atoms with Gasteiger partial charge in [0.05, 0.1) is 18.1 Å². The number of hydrogen-bond donors (Lipinski definition) is 2. The Balaban J connectivity index is 2.14. The molecule has 0 radical (unpaired) electrons. The molecule has 1 amide bonds. The predicted molar refractivity (Wildman–Crippen MR) is 130 cm³/mol. The van der Waals surface area contributed by atoms with Crippen molar-refractivity contribution in [3.63, 3.8) is 0 Å². The third kappa shape index (κ3) is 5.03. The second kappa shape index (κ2) is 9.47. The number of ether oxygens (including phenoxy) is 1. The van der Waals surface area contributed by atoms with Crippen molar-refractivity contribution < 1.29 is 27.6 Å². The number of rotatable bonds is 6. The number of amides is 1. The van der Waals surface area contributed by atoms with E-state index >= 15 is 0 Å². The Bertz CT molecular complexity index is 1090. The van der Waals surface area contributed by atoms with E-state index in [2.05, 4.69) is 33.9 Å². The Labute approximate surface area is 200 Å². The van der Waals surface area contributed by atoms with Gasteiger partial charge in [-0.05, 0) is 65.8 Å². The number of benzene rings is 1. The smallest absolute Gasteiger partial charge is 0.264 e. The summed E-state index contributed by atoms with van der Waals surface area (Å²) < 4.78 is 40.5. The van der Waals surface area contributed by atoms with Crippen LogP contribution in [0.5, 0.6) is 5.75 Å². The average Bonchev–Trinajstić information content (AvgIpc) is 3.16. The number of thiophene rings is 1. The summed E-state index contributed by atoms with van der Waals surface area (Å²) in [4.78, 5) is 14.0. The summed E-state index contributed by atoms with van der Waals surface area (Å²) in [6.45, 7) is 10.4. The summed E-state index contributed by atoms with van der Waals surface area (Å²) in [7, 11) is -5.02. The molecule has 2 unspecified atom stereocenters. The van der Waals surface area contributed by atoms with E-state index in [1.165, 1.54) is 30.6 Å². The minimum Gasteiger partial charge on any atom is -0.497 e. The van der Waals surface area contributed by atoms with Gasteiger partial charge in [0.25, 0.3) is 5.91 Å². The summed E-state index contributed by atoms with van der Waals surface area (Å²) in [5.74, 6) is -0.300. The first kappa shape index (κ1) is 25.9. The maximum Gasteiger partial charge on any atom is 0.264 e. The summed E-state index contributed by atoms with van der Waals surface area (Å²) in [6, 6.07) is 6.64. The number of hydrogen-bond acceptors (Lipinski definition) is 7. The number of nitrogens with zero attached hydrogens (tertiary/aromatic N) is 1. The van der Waals surface area contributed by atoms with E-state index in [0.29, 0.717) is 12.2 Å². The van der Waals surface area contributed by atoms with Crippen LogP contribution in [-0.2, 0) is 25.7 Å². The zero-order chi connectivity index (χ0) is 24.6. The molecule has 0 saturated carbocycles. The van der Waals surface area contributed by atoms with Gasteiger partial charge in [0, 0.05) is 11.4 Å². The Morgan fingerprint density at radius 3 is 2.39 bits per heavy atom. The van der Waals surface area contributed by atoms with Gasteiger partial charge in [-0.2, -0.15) is 4.31 Å². The van der Waals surface area contributed by atoms with Crippen molar-refractivity contribution in [1.82, 2.24) is 9.79 Å². The maximum atomic E-state index is 13.7. The van der Waals surface area contributed by atoms with Gasteiger partial charge in [-0.3, -0.25) is 10.0 Å². The fraction of sp³-hybridized carbons (Fsp3) is 0.500. The summed E-state index contributed by atoms with van der Waals surface area (Å²) in [5.41, 5.74) is 2.48. The van der Waals surface area contributed by atoms with Gasteiger partial charge in [0.1, 0.15) is 11.8 Å². The molecule has 0 spiro atoms. The minimum atomic E-state index is -4.09. The summed E-state index contributed by atoms with van der Waals surface area (Å²) in [6.07, 6.45) is -0.413. The first-order valence-corrected chi connectivity index (χ1v) is 15.9. The first-order chi connectivity index (χ1) is 15.3. The van der Waals surface area contributed by atoms with Crippen LogP contribution in [-0.4, -0.2) is 51.9 Å². The number of sulfonamides is 1. The van der Waals surface area contributed by atoms with Crippen LogP contribution in [0.2, 0.25) is 18.1 Å². The predicted octanol–water partition coefficient (Wildman–Crippen LogP) is 3.94. The molecule has 3 rings (SSSR count). The van der Waals surface area contributed by atoms with Gasteiger partial charge in [-0.15, -0.1) is 11.3 Å². The normalized spacial score (nSPS) is 20.1. The Morgan fingerprint density at radius 2 is 1.85 bits per heavy atom. The van der Waals surface area contributed by atoms with Crippen LogP contribution in [0.1, 0.15) is 37.3 Å². The number of methoxy groups -OCH3 is 1. The highest BCUT2D eigenvalue weighted by atomic mass is 32.2. The molecule has 2 aromatic rings. The van der Waals surface area contributed by atoms with Crippen molar-refractivity contribution >= 4 is 35.6 Å². The Morgan fingerprint density at radius 1 is 1.21 bits per heavy atom. The first-order valence-electron chi connectivity index (χ1n) is 10.7. The SMILES string of the molecule is COc1ccc(S(=O)(=O)N2CCc3sccc3C(O[Si](C)(C)C(C)(C)C)C2C(=O)NO)cc1. The van der Waals surface area contributed by atoms with Crippen LogP contribution < -0.4 is 10.2 Å². The molecule has 8 nitrogen and oxygen atoms in total. The van der Waals surface area contributed by atoms with Crippen LogP contribution in [0.4, 0.5) is 0 Å². The standard InChI is InChI=1S/C22H32N2O6S2Si/c1-22(2,3)33(5,6)30-20-17-12-14-31-18(17)11-13-24(19(20)21(25)23-26)32(27,28)16-9-7-15(29-4)8-10-16/h7-10,12,14,19-20,26H,11,13H2,1-6H3,(H,23,25). The van der Waals surface area contributed by atoms with E-state index in [1.54, 1.807) is 17.6 Å². The molecule has 0 fully saturated rings. The second-order valence-electron chi connectivity index (χ2n) is 9.56. The molecule has 1 aliphatic rings. The minimum absolute atomic E-state index is 0.0374. The van der Waals surface area contributed by atoms with Crippen molar-refractivity contribution in [2.45, 2.75) is 62.4 Å². The number of carbonyl (C=O) groups excluding carboxylic acids is 1. The molecule has 1 aromatic carbocycles. The molecule has 2 heterocycles. The number of carbonyl (C=O) groups is 1. The van der Waals surface area contributed by atoms with Gasteiger partial charge in [-0.1, -0.05) is 20.8 Å². The van der Waals surface area contributed by atoms with Crippen LogP contribution in [0.25, 0.3) is 0 Å². The van der Waals surface area contributed by atoms with E-state index in [4.69, 9.17) is 9.16 Å². The van der Waals surface area contributed by atoms with Gasteiger partial charge in [0.2, 0.25) is 10.0 Å². The van der Waals surface area contributed by atoms with E-state index in [-0.39, 0.29) is 16.5 Å². The van der Waals surface area contributed by atoms with Crippen molar-refractivity contribution in [2.75, 3.05) is 13.7 Å². The van der Waals surface area contributed by atoms with Crippen LogP contribution in [0.3, 0.4) is 0 Å². The van der Waals surface area contributed by atoms with Crippen molar-refractivity contribution in [2.24, 2.45) is 0 Å². The quantitative estimate of drug-likeness (QED) is 0.345. The second-order valence-corrected chi connectivity index (χ2v) is 17.2. The van der Waals surface area contributed by atoms with Crippen molar-refractivity contribution in [1.29, 1.82) is 0 Å². The molecule has 2 atom stereocenters. The molecule has 0 aliphatic carbocycles. The van der Waals surface area contributed by atoms with Crippen LogP contribution in [0.15, 0.2) is 40.6 Å². The van der Waals surface area contributed by atoms with Gasteiger partial charge >= 0.3 is 0 Å². The molecule has 11 heteroatoms. The zero-order valence-corrected chi connectivity index (χ0v) is 22.4. The van der Waals surface area contributed by atoms with Gasteiger partial charge < -0.3 is 9.16 Å². The van der Waals surface area contributed by atoms with Gasteiger partial charge in [-0.25, -0.2) is 13.9 Å². The zero-order valence-electron chi connectivity index (χ0n) is 19.8. The van der Waals surface area contributed by atoms with Crippen LogP contribution in [0, 0.1) is 0 Å². The van der Waals surface area contributed by atoms with E-state index in [0.717, 1.165) is 14.7 Å². The Kier molecular flexibility index (Phi) is 7.42. The maximum absolute atomic E-state index is 13.7. The van der Waals surface area contributed by atoms with Crippen molar-refractivity contribution in [3.8, 4) is 5.75 Å². The summed E-state index contributed by atoms with van der Waals surface area (Å²) in [5, 5.41) is 11.4. The third-order valence-electron chi connectivity index (χ3n) is 6.52. The van der Waals surface area contributed by atoms with Gasteiger partial charge in [0.15, 0.2) is 8.32 Å². The lowest BCUT2D eigenvalue weighted by molar-refractivity contribution is -0.136.